The molecule has 12 heteroatoms. The summed E-state index contributed by atoms with van der Waals surface area (Å²) in [6.45, 7) is 4.75. The number of hydrogen-bond acceptors (Lipinski definition) is 11. The Morgan fingerprint density at radius 3 is 2.23 bits per heavy atom. The monoisotopic (exact) mass is 596 g/mol. The zero-order valence-corrected chi connectivity index (χ0v) is 23.7. The molecule has 3 fully saturated rings. The molecule has 43 heavy (non-hydrogen) atoms. The zero-order chi connectivity index (χ0) is 31.0. The lowest BCUT2D eigenvalue weighted by Gasteiger charge is -2.49. The van der Waals surface area contributed by atoms with Crippen LogP contribution in [0, 0.1) is 0 Å². The molecule has 0 aromatic heterocycles. The van der Waals surface area contributed by atoms with Gasteiger partial charge in [0.2, 0.25) is 0 Å². The molecule has 8 atom stereocenters. The van der Waals surface area contributed by atoms with Crippen molar-refractivity contribution in [3.63, 3.8) is 0 Å². The maximum Gasteiger partial charge on any atom is 0.306 e. The number of carbonyl (C=O) groups is 4. The zero-order valence-electron chi connectivity index (χ0n) is 23.7. The maximum absolute atomic E-state index is 13.6. The fourth-order valence-electron chi connectivity index (χ4n) is 6.56. The molecule has 0 bridgehead atoms. The summed E-state index contributed by atoms with van der Waals surface area (Å²) in [5.41, 5.74) is -2.09. The first-order valence-corrected chi connectivity index (χ1v) is 14.1. The highest BCUT2D eigenvalue weighted by atomic mass is 16.7. The second kappa shape index (κ2) is 10.5. The van der Waals surface area contributed by atoms with E-state index in [-0.39, 0.29) is 58.4 Å². The highest BCUT2D eigenvalue weighted by Crippen LogP contribution is 2.46. The van der Waals surface area contributed by atoms with Crippen LogP contribution in [0.15, 0.2) is 24.3 Å². The van der Waals surface area contributed by atoms with Gasteiger partial charge in [0.1, 0.15) is 29.8 Å². The predicted octanol–water partition coefficient (Wildman–Crippen LogP) is 2.35. The van der Waals surface area contributed by atoms with Crippen LogP contribution in [0.4, 0.5) is 0 Å². The van der Waals surface area contributed by atoms with Crippen LogP contribution < -0.4 is 0 Å². The number of rotatable bonds is 5. The standard InChI is InChI=1S/C31H32O12/c1-12-18(32)8-21-30(41-12)43-29-13(2)40-19(9-20(29)42-21)15-6-7-17-24(26(15)36)28(38)16-5-4-14(25(35)23(16)27(17)37)10-31(3,39)11-22(33)34/h4-7,12-13,19-21,29-30,35-36,39H,8-11H2,1-3H3,(H,33,34)/t12-,13+,19?,20+,21-,29+,30-,31+/m1/s1. The number of Topliss-reactive ketones (excluding diaryl/α,β-unsaturated/α-hetero) is 1. The number of benzene rings is 2. The summed E-state index contributed by atoms with van der Waals surface area (Å²) in [4.78, 5) is 50.5. The Bertz CT molecular complexity index is 1540. The van der Waals surface area contributed by atoms with E-state index in [2.05, 4.69) is 0 Å². The van der Waals surface area contributed by atoms with Gasteiger partial charge in [-0.1, -0.05) is 12.1 Å². The van der Waals surface area contributed by atoms with Gasteiger partial charge in [-0.2, -0.15) is 0 Å². The minimum Gasteiger partial charge on any atom is -0.507 e. The fourth-order valence-corrected chi connectivity index (χ4v) is 6.56. The van der Waals surface area contributed by atoms with E-state index in [0.717, 1.165) is 0 Å². The third kappa shape index (κ3) is 5.02. The molecular weight excluding hydrogens is 564 g/mol. The average molecular weight is 597 g/mol. The topological polar surface area (TPSA) is 186 Å². The third-order valence-electron chi connectivity index (χ3n) is 8.66. The summed E-state index contributed by atoms with van der Waals surface area (Å²) in [6, 6.07) is 5.55. The molecule has 2 aromatic rings. The van der Waals surface area contributed by atoms with Crippen LogP contribution in [0.2, 0.25) is 0 Å². The van der Waals surface area contributed by atoms with Crippen molar-refractivity contribution < 1.29 is 58.6 Å². The lowest BCUT2D eigenvalue weighted by Crippen LogP contribution is -2.60. The van der Waals surface area contributed by atoms with Crippen LogP contribution in [-0.2, 0) is 35.0 Å². The summed E-state index contributed by atoms with van der Waals surface area (Å²) in [7, 11) is 0. The number of aliphatic hydroxyl groups is 1. The number of aromatic hydroxyl groups is 2. The van der Waals surface area contributed by atoms with Crippen molar-refractivity contribution in [2.75, 3.05) is 0 Å². The lowest BCUT2D eigenvalue weighted by atomic mass is 9.79. The maximum atomic E-state index is 13.6. The van der Waals surface area contributed by atoms with E-state index < -0.39 is 84.0 Å². The van der Waals surface area contributed by atoms with E-state index in [4.69, 9.17) is 24.1 Å². The Balaban J connectivity index is 1.28. The molecule has 3 aliphatic heterocycles. The fraction of sp³-hybridized carbons (Fsp3) is 0.484. The number of carboxylic acid groups (broad SMARTS) is 1. The van der Waals surface area contributed by atoms with Crippen molar-refractivity contribution in [1.82, 2.24) is 0 Å². The molecule has 0 amide bonds. The molecule has 6 rings (SSSR count). The number of carbonyl (C=O) groups excluding carboxylic acids is 3. The number of ketones is 3. The van der Waals surface area contributed by atoms with Crippen LogP contribution in [0.3, 0.4) is 0 Å². The SMILES string of the molecule is C[C@@H]1OC(c2ccc3c(c2O)C(=O)c2ccc(C[C@](C)(O)CC(=O)O)c(O)c2C3=O)C[C@@H]2O[C@@H]3CC(=O)[C@@H](C)O[C@@H]3O[C@@H]12. The van der Waals surface area contributed by atoms with E-state index in [1.807, 2.05) is 0 Å². The average Bonchev–Trinajstić information content (AvgIpc) is 2.91. The number of phenolic OH excluding ortho intramolecular Hbond substituents is 2. The Labute approximate surface area is 246 Å². The number of aliphatic carboxylic acids is 1. The molecule has 0 spiro atoms. The van der Waals surface area contributed by atoms with Crippen molar-refractivity contribution in [1.29, 1.82) is 0 Å². The van der Waals surface area contributed by atoms with Crippen molar-refractivity contribution >= 4 is 23.3 Å². The van der Waals surface area contributed by atoms with Crippen LogP contribution in [0.25, 0.3) is 0 Å². The molecule has 1 unspecified atom stereocenters. The van der Waals surface area contributed by atoms with Crippen molar-refractivity contribution in [3.8, 4) is 11.5 Å². The van der Waals surface area contributed by atoms with Crippen molar-refractivity contribution in [2.24, 2.45) is 0 Å². The van der Waals surface area contributed by atoms with Crippen molar-refractivity contribution in [3.05, 3.63) is 57.6 Å². The highest BCUT2D eigenvalue weighted by Gasteiger charge is 2.50. The van der Waals surface area contributed by atoms with E-state index >= 15 is 0 Å². The van der Waals surface area contributed by atoms with Gasteiger partial charge in [-0.05, 0) is 38.5 Å². The Hall–Kier alpha value is -3.68. The Kier molecular flexibility index (Phi) is 7.17. The van der Waals surface area contributed by atoms with E-state index in [0.29, 0.717) is 0 Å². The van der Waals surface area contributed by atoms with Gasteiger partial charge in [-0.15, -0.1) is 0 Å². The summed E-state index contributed by atoms with van der Waals surface area (Å²) in [5, 5.41) is 41.9. The Morgan fingerprint density at radius 1 is 0.907 bits per heavy atom. The number of fused-ring (bicyclic) bond motifs is 4. The van der Waals surface area contributed by atoms with E-state index in [1.165, 1.54) is 31.2 Å². The number of phenols is 2. The summed E-state index contributed by atoms with van der Waals surface area (Å²) in [5.74, 6) is -3.66. The molecule has 1 aliphatic carbocycles. The number of ether oxygens (including phenoxy) is 4. The van der Waals surface area contributed by atoms with Gasteiger partial charge in [0, 0.05) is 36.0 Å². The molecule has 3 heterocycles. The van der Waals surface area contributed by atoms with Gasteiger partial charge >= 0.3 is 5.97 Å². The molecule has 4 aliphatic rings. The summed E-state index contributed by atoms with van der Waals surface area (Å²) in [6.07, 6.45) is -4.53. The largest absolute Gasteiger partial charge is 0.507 e. The van der Waals surface area contributed by atoms with Crippen molar-refractivity contribution in [2.45, 2.75) is 95.0 Å². The smallest absolute Gasteiger partial charge is 0.306 e. The number of hydrogen-bond donors (Lipinski definition) is 4. The highest BCUT2D eigenvalue weighted by molar-refractivity contribution is 6.30. The molecule has 12 nitrogen and oxygen atoms in total. The first kappa shape index (κ1) is 29.4. The molecule has 0 saturated carbocycles. The minimum absolute atomic E-state index is 0.0838. The molecular formula is C31H32O12. The van der Waals surface area contributed by atoms with Gasteiger partial charge in [-0.3, -0.25) is 19.2 Å². The molecule has 0 radical (unpaired) electrons. The van der Waals surface area contributed by atoms with E-state index in [1.54, 1.807) is 13.8 Å². The molecule has 2 aromatic carbocycles. The number of carboxylic acids is 1. The van der Waals surface area contributed by atoms with E-state index in [9.17, 15) is 34.5 Å². The molecule has 228 valence electrons. The van der Waals surface area contributed by atoms with Crippen LogP contribution >= 0.6 is 0 Å². The van der Waals surface area contributed by atoms with Gasteiger partial charge < -0.3 is 39.4 Å². The lowest BCUT2D eigenvalue weighted by molar-refractivity contribution is -0.347. The quantitative estimate of drug-likeness (QED) is 0.337. The first-order valence-electron chi connectivity index (χ1n) is 14.1. The minimum atomic E-state index is -1.72. The van der Waals surface area contributed by atoms with Gasteiger partial charge in [0.05, 0.1) is 41.5 Å². The first-order chi connectivity index (χ1) is 20.3. The molecule has 4 N–H and O–H groups in total. The van der Waals surface area contributed by atoms with Crippen LogP contribution in [0.1, 0.15) is 89.1 Å². The van der Waals surface area contributed by atoms with Gasteiger partial charge in [0.15, 0.2) is 23.6 Å². The normalized spacial score (nSPS) is 31.3. The summed E-state index contributed by atoms with van der Waals surface area (Å²) < 4.78 is 24.2. The predicted molar refractivity (Wildman–Crippen MR) is 145 cm³/mol. The van der Waals surface area contributed by atoms with Crippen LogP contribution in [0.5, 0.6) is 11.5 Å². The molecule has 3 saturated heterocycles. The third-order valence-corrected chi connectivity index (χ3v) is 8.66. The van der Waals surface area contributed by atoms with Gasteiger partial charge in [-0.25, -0.2) is 0 Å². The summed E-state index contributed by atoms with van der Waals surface area (Å²) >= 11 is 0. The Morgan fingerprint density at radius 2 is 1.56 bits per heavy atom. The second-order valence-corrected chi connectivity index (χ2v) is 12.0. The van der Waals surface area contributed by atoms with Crippen LogP contribution in [-0.4, -0.2) is 86.2 Å². The van der Waals surface area contributed by atoms with Gasteiger partial charge in [0.25, 0.3) is 0 Å². The second-order valence-electron chi connectivity index (χ2n) is 12.0.